The molecule has 0 amide bonds. The minimum absolute atomic E-state index is 0.113. The number of para-hydroxylation sites is 2. The second-order valence-electron chi connectivity index (χ2n) is 7.33. The lowest BCUT2D eigenvalue weighted by Gasteiger charge is -2.40. The summed E-state index contributed by atoms with van der Waals surface area (Å²) in [6, 6.07) is 17.9. The number of hydrogen-bond acceptors (Lipinski definition) is 5. The van der Waals surface area contributed by atoms with E-state index in [0.717, 1.165) is 32.5 Å². The van der Waals surface area contributed by atoms with Crippen molar-refractivity contribution in [2.75, 3.05) is 37.7 Å². The fraction of sp³-hybridized carbons (Fsp3) is 0.455. The van der Waals surface area contributed by atoms with E-state index in [9.17, 15) is 0 Å². The Balaban J connectivity index is 1.46. The molecule has 1 N–H and O–H groups in total. The van der Waals surface area contributed by atoms with Crippen LogP contribution in [0.4, 0.5) is 11.4 Å². The van der Waals surface area contributed by atoms with Gasteiger partial charge in [0, 0.05) is 35.5 Å². The predicted octanol–water partition coefficient (Wildman–Crippen LogP) is 4.15. The van der Waals surface area contributed by atoms with Crippen molar-refractivity contribution in [3.63, 3.8) is 0 Å². The zero-order valence-electron chi connectivity index (χ0n) is 15.9. The number of benzene rings is 2. The van der Waals surface area contributed by atoms with Crippen molar-refractivity contribution in [2.24, 2.45) is 0 Å². The van der Waals surface area contributed by atoms with Gasteiger partial charge in [0.15, 0.2) is 0 Å². The highest BCUT2D eigenvalue weighted by Crippen LogP contribution is 2.47. The normalized spacial score (nSPS) is 18.8. The van der Waals surface area contributed by atoms with Gasteiger partial charge in [0.2, 0.25) is 0 Å². The van der Waals surface area contributed by atoms with Gasteiger partial charge in [-0.25, -0.2) is 0 Å². The number of piperidine rings is 1. The number of fused-ring (bicyclic) bond motifs is 2. The summed E-state index contributed by atoms with van der Waals surface area (Å²) in [4.78, 5) is 7.73. The Morgan fingerprint density at radius 1 is 1.04 bits per heavy atom. The molecule has 0 radical (unpaired) electrons. The predicted molar refractivity (Wildman–Crippen MR) is 111 cm³/mol. The quantitative estimate of drug-likeness (QED) is 0.810. The Bertz CT molecular complexity index is 716. The van der Waals surface area contributed by atoms with E-state index in [2.05, 4.69) is 65.3 Å². The molecular weight excluding hydrogens is 356 g/mol. The monoisotopic (exact) mass is 384 g/mol. The van der Waals surface area contributed by atoms with Gasteiger partial charge in [0.05, 0.1) is 30.7 Å². The second kappa shape index (κ2) is 8.65. The molecule has 2 aromatic carbocycles. The summed E-state index contributed by atoms with van der Waals surface area (Å²) in [6.07, 6.45) is 2.40. The molecule has 0 bridgehead atoms. The number of aliphatic hydroxyl groups excluding tert-OH is 1. The number of anilines is 2. The van der Waals surface area contributed by atoms with Crippen molar-refractivity contribution in [3.05, 3.63) is 48.5 Å². The van der Waals surface area contributed by atoms with Gasteiger partial charge in [-0.3, -0.25) is 4.90 Å². The highest BCUT2D eigenvalue weighted by Gasteiger charge is 2.28. The molecule has 1 atom stereocenters. The Hall–Kier alpha value is -1.53. The van der Waals surface area contributed by atoms with Crippen molar-refractivity contribution in [3.8, 4) is 0 Å². The van der Waals surface area contributed by atoms with Crippen LogP contribution in [0.1, 0.15) is 19.8 Å². The van der Waals surface area contributed by atoms with Crippen LogP contribution in [0.15, 0.2) is 58.3 Å². The third kappa shape index (κ3) is 4.16. The van der Waals surface area contributed by atoms with Gasteiger partial charge in [0.1, 0.15) is 0 Å². The molecule has 2 aromatic rings. The van der Waals surface area contributed by atoms with E-state index in [1.807, 2.05) is 11.8 Å². The molecule has 0 spiro atoms. The van der Waals surface area contributed by atoms with Crippen LogP contribution in [-0.2, 0) is 4.74 Å². The second-order valence-corrected chi connectivity index (χ2v) is 8.41. The van der Waals surface area contributed by atoms with Crippen LogP contribution < -0.4 is 4.90 Å². The minimum atomic E-state index is 0.113. The Morgan fingerprint density at radius 3 is 2.22 bits per heavy atom. The van der Waals surface area contributed by atoms with Crippen LogP contribution in [0, 0.1) is 0 Å². The molecular formula is C22H28N2O2S. The number of hydrogen-bond donors (Lipinski definition) is 1. The number of aliphatic hydroxyl groups is 1. The molecule has 2 heterocycles. The minimum Gasteiger partial charge on any atom is -0.394 e. The van der Waals surface area contributed by atoms with Crippen LogP contribution >= 0.6 is 11.8 Å². The van der Waals surface area contributed by atoms with Gasteiger partial charge in [0.25, 0.3) is 0 Å². The maximum Gasteiger partial charge on any atom is 0.0701 e. The van der Waals surface area contributed by atoms with Gasteiger partial charge in [-0.2, -0.15) is 0 Å². The van der Waals surface area contributed by atoms with Crippen molar-refractivity contribution in [2.45, 2.75) is 41.7 Å². The first-order chi connectivity index (χ1) is 13.3. The molecule has 4 rings (SSSR count). The first-order valence-corrected chi connectivity index (χ1v) is 10.7. The lowest BCUT2D eigenvalue weighted by atomic mass is 10.1. The Morgan fingerprint density at radius 2 is 1.63 bits per heavy atom. The van der Waals surface area contributed by atoms with E-state index in [-0.39, 0.29) is 6.61 Å². The molecule has 144 valence electrons. The molecule has 0 aliphatic carbocycles. The SMILES string of the molecule is CC(CN1c2ccccc2Sc2ccccc21)N1CCC(OCCO)CC1. The maximum absolute atomic E-state index is 8.94. The highest BCUT2D eigenvalue weighted by molar-refractivity contribution is 7.99. The highest BCUT2D eigenvalue weighted by atomic mass is 32.2. The van der Waals surface area contributed by atoms with Gasteiger partial charge in [-0.1, -0.05) is 36.0 Å². The molecule has 1 fully saturated rings. The Labute approximate surface area is 166 Å². The summed E-state index contributed by atoms with van der Waals surface area (Å²) >= 11 is 1.86. The standard InChI is InChI=1S/C22H28N2O2S/c1-17(23-12-10-18(11-13-23)26-15-14-25)16-24-19-6-2-4-8-21(19)27-22-9-5-3-7-20(22)24/h2-9,17-18,25H,10-16H2,1H3. The first-order valence-electron chi connectivity index (χ1n) is 9.86. The Kier molecular flexibility index (Phi) is 6.03. The van der Waals surface area contributed by atoms with Crippen LogP contribution in [0.25, 0.3) is 0 Å². The molecule has 0 aromatic heterocycles. The van der Waals surface area contributed by atoms with Crippen LogP contribution in [-0.4, -0.2) is 55.0 Å². The lowest BCUT2D eigenvalue weighted by Crippen LogP contribution is -2.46. The molecule has 2 aliphatic heterocycles. The third-order valence-corrected chi connectivity index (χ3v) is 6.65. The molecule has 0 saturated carbocycles. The largest absolute Gasteiger partial charge is 0.394 e. The van der Waals surface area contributed by atoms with Crippen molar-refractivity contribution < 1.29 is 9.84 Å². The molecule has 5 heteroatoms. The molecule has 2 aliphatic rings. The third-order valence-electron chi connectivity index (χ3n) is 5.52. The van der Waals surface area contributed by atoms with Crippen molar-refractivity contribution in [1.29, 1.82) is 0 Å². The van der Waals surface area contributed by atoms with E-state index in [1.165, 1.54) is 21.2 Å². The van der Waals surface area contributed by atoms with E-state index in [1.54, 1.807) is 0 Å². The zero-order chi connectivity index (χ0) is 18.6. The van der Waals surface area contributed by atoms with Gasteiger partial charge in [-0.05, 0) is 44.0 Å². The average Bonchev–Trinajstić information content (AvgIpc) is 2.72. The summed E-state index contributed by atoms with van der Waals surface area (Å²) in [5.41, 5.74) is 2.63. The number of likely N-dealkylation sites (tertiary alicyclic amines) is 1. The molecule has 1 saturated heterocycles. The van der Waals surface area contributed by atoms with Crippen LogP contribution in [0.2, 0.25) is 0 Å². The maximum atomic E-state index is 8.94. The topological polar surface area (TPSA) is 35.9 Å². The summed E-state index contributed by atoms with van der Waals surface area (Å²) in [5.74, 6) is 0. The van der Waals surface area contributed by atoms with E-state index >= 15 is 0 Å². The lowest BCUT2D eigenvalue weighted by molar-refractivity contribution is -0.0132. The average molecular weight is 385 g/mol. The van der Waals surface area contributed by atoms with E-state index < -0.39 is 0 Å². The van der Waals surface area contributed by atoms with E-state index in [4.69, 9.17) is 9.84 Å². The fourth-order valence-corrected chi connectivity index (χ4v) is 5.16. The number of nitrogens with zero attached hydrogens (tertiary/aromatic N) is 2. The van der Waals surface area contributed by atoms with Crippen molar-refractivity contribution in [1.82, 2.24) is 4.90 Å². The smallest absolute Gasteiger partial charge is 0.0701 e. The first kappa shape index (κ1) is 18.8. The summed E-state index contributed by atoms with van der Waals surface area (Å²) in [6.45, 7) is 6.01. The van der Waals surface area contributed by atoms with Crippen molar-refractivity contribution >= 4 is 23.1 Å². The summed E-state index contributed by atoms with van der Waals surface area (Å²) < 4.78 is 5.71. The molecule has 27 heavy (non-hydrogen) atoms. The van der Waals surface area contributed by atoms with Crippen LogP contribution in [0.3, 0.4) is 0 Å². The molecule has 4 nitrogen and oxygen atoms in total. The molecule has 1 unspecified atom stereocenters. The number of rotatable bonds is 6. The zero-order valence-corrected chi connectivity index (χ0v) is 16.7. The van der Waals surface area contributed by atoms with Gasteiger partial charge >= 0.3 is 0 Å². The fourth-order valence-electron chi connectivity index (χ4n) is 4.06. The van der Waals surface area contributed by atoms with Gasteiger partial charge in [-0.15, -0.1) is 0 Å². The van der Waals surface area contributed by atoms with Crippen LogP contribution in [0.5, 0.6) is 0 Å². The van der Waals surface area contributed by atoms with E-state index in [0.29, 0.717) is 18.8 Å². The summed E-state index contributed by atoms with van der Waals surface area (Å²) in [5, 5.41) is 8.94. The van der Waals surface area contributed by atoms with Gasteiger partial charge < -0.3 is 14.7 Å². The number of ether oxygens (including phenoxy) is 1. The summed E-state index contributed by atoms with van der Waals surface area (Å²) in [7, 11) is 0.